The minimum atomic E-state index is -1.12. The van der Waals surface area contributed by atoms with E-state index in [0.717, 1.165) is 0 Å². The van der Waals surface area contributed by atoms with Gasteiger partial charge in [-0.05, 0) is 25.1 Å². The van der Waals surface area contributed by atoms with Crippen molar-refractivity contribution in [1.29, 1.82) is 0 Å². The number of hydrogen-bond donors (Lipinski definition) is 2. The zero-order valence-electron chi connectivity index (χ0n) is 10.4. The molecule has 0 aliphatic carbocycles. The third-order valence-corrected chi connectivity index (χ3v) is 2.58. The number of carbonyl (C=O) groups is 2. The quantitative estimate of drug-likeness (QED) is 0.871. The highest BCUT2D eigenvalue weighted by atomic mass is 35.5. The van der Waals surface area contributed by atoms with Crippen molar-refractivity contribution in [3.63, 3.8) is 0 Å². The molecule has 0 aliphatic rings. The molecule has 0 spiro atoms. The highest BCUT2D eigenvalue weighted by Crippen LogP contribution is 2.21. The number of aliphatic hydroxyl groups excluding tert-OH is 1. The van der Waals surface area contributed by atoms with Crippen LogP contribution in [0.2, 0.25) is 5.02 Å². The number of hydrogen-bond acceptors (Lipinski definition) is 3. The topological polar surface area (TPSA) is 69.6 Å². The lowest BCUT2D eigenvalue weighted by Gasteiger charge is -2.13. The Balaban J connectivity index is 3.01. The molecule has 2 amide bonds. The van der Waals surface area contributed by atoms with E-state index in [1.165, 1.54) is 24.0 Å². The Morgan fingerprint density at radius 1 is 1.39 bits per heavy atom. The van der Waals surface area contributed by atoms with Crippen LogP contribution < -0.4 is 5.32 Å². The molecule has 0 heterocycles. The van der Waals surface area contributed by atoms with Crippen LogP contribution in [-0.2, 0) is 4.79 Å². The SMILES string of the molecule is CC(O)C(=O)Nc1ccc(Cl)c(C(=O)N(C)C)c1. The molecule has 98 valence electrons. The Kier molecular flexibility index (Phi) is 4.69. The zero-order chi connectivity index (χ0) is 13.9. The lowest BCUT2D eigenvalue weighted by molar-refractivity contribution is -0.123. The number of anilines is 1. The summed E-state index contributed by atoms with van der Waals surface area (Å²) in [7, 11) is 3.22. The van der Waals surface area contributed by atoms with Crippen molar-refractivity contribution >= 4 is 29.1 Å². The molecule has 6 heteroatoms. The average molecular weight is 271 g/mol. The number of nitrogens with one attached hydrogen (secondary N) is 1. The van der Waals surface area contributed by atoms with Gasteiger partial charge in [0, 0.05) is 19.8 Å². The number of aliphatic hydroxyl groups is 1. The van der Waals surface area contributed by atoms with E-state index >= 15 is 0 Å². The van der Waals surface area contributed by atoms with Gasteiger partial charge in [-0.2, -0.15) is 0 Å². The summed E-state index contributed by atoms with van der Waals surface area (Å²) in [6.07, 6.45) is -1.12. The summed E-state index contributed by atoms with van der Waals surface area (Å²) in [5.74, 6) is -0.797. The second-order valence-electron chi connectivity index (χ2n) is 4.06. The van der Waals surface area contributed by atoms with Crippen molar-refractivity contribution in [2.24, 2.45) is 0 Å². The molecule has 1 atom stereocenters. The molecule has 1 aromatic carbocycles. The highest BCUT2D eigenvalue weighted by molar-refractivity contribution is 6.34. The summed E-state index contributed by atoms with van der Waals surface area (Å²) in [6.45, 7) is 1.36. The first-order valence-corrected chi connectivity index (χ1v) is 5.71. The van der Waals surface area contributed by atoms with Crippen LogP contribution >= 0.6 is 11.6 Å². The molecular weight excluding hydrogens is 256 g/mol. The number of nitrogens with zero attached hydrogens (tertiary/aromatic N) is 1. The molecule has 1 rings (SSSR count). The Labute approximate surface area is 110 Å². The van der Waals surface area contributed by atoms with Gasteiger partial charge < -0.3 is 15.3 Å². The molecular formula is C12H15ClN2O3. The van der Waals surface area contributed by atoms with E-state index in [4.69, 9.17) is 16.7 Å². The molecule has 1 unspecified atom stereocenters. The van der Waals surface area contributed by atoms with Crippen LogP contribution in [-0.4, -0.2) is 42.0 Å². The average Bonchev–Trinajstić information content (AvgIpc) is 2.30. The Bertz CT molecular complexity index is 472. The molecule has 0 saturated carbocycles. The van der Waals surface area contributed by atoms with Crippen LogP contribution in [0, 0.1) is 0 Å². The number of carbonyl (C=O) groups excluding carboxylic acids is 2. The minimum Gasteiger partial charge on any atom is -0.384 e. The Hall–Kier alpha value is -1.59. The number of rotatable bonds is 3. The maximum Gasteiger partial charge on any atom is 0.254 e. The first kappa shape index (κ1) is 14.5. The third-order valence-electron chi connectivity index (χ3n) is 2.25. The molecule has 0 fully saturated rings. The summed E-state index contributed by atoms with van der Waals surface area (Å²) < 4.78 is 0. The summed E-state index contributed by atoms with van der Waals surface area (Å²) in [5.41, 5.74) is 0.709. The van der Waals surface area contributed by atoms with Gasteiger partial charge in [0.15, 0.2) is 0 Å². The van der Waals surface area contributed by atoms with Crippen LogP contribution in [0.3, 0.4) is 0 Å². The number of benzene rings is 1. The second kappa shape index (κ2) is 5.84. The van der Waals surface area contributed by atoms with Crippen LogP contribution in [0.15, 0.2) is 18.2 Å². The molecule has 18 heavy (non-hydrogen) atoms. The Morgan fingerprint density at radius 2 is 2.00 bits per heavy atom. The van der Waals surface area contributed by atoms with E-state index in [1.807, 2.05) is 0 Å². The smallest absolute Gasteiger partial charge is 0.254 e. The molecule has 0 saturated heterocycles. The third kappa shape index (κ3) is 3.45. The molecule has 0 radical (unpaired) electrons. The summed E-state index contributed by atoms with van der Waals surface area (Å²) in [4.78, 5) is 24.5. The van der Waals surface area contributed by atoms with Crippen molar-refractivity contribution in [2.75, 3.05) is 19.4 Å². The van der Waals surface area contributed by atoms with Crippen LogP contribution in [0.4, 0.5) is 5.69 Å². The van der Waals surface area contributed by atoms with E-state index in [1.54, 1.807) is 20.2 Å². The highest BCUT2D eigenvalue weighted by Gasteiger charge is 2.15. The van der Waals surface area contributed by atoms with Crippen LogP contribution in [0.25, 0.3) is 0 Å². The van der Waals surface area contributed by atoms with Gasteiger partial charge in [-0.25, -0.2) is 0 Å². The lowest BCUT2D eigenvalue weighted by atomic mass is 10.1. The largest absolute Gasteiger partial charge is 0.384 e. The predicted octanol–water partition coefficient (Wildman–Crippen LogP) is 1.36. The normalized spacial score (nSPS) is 11.8. The van der Waals surface area contributed by atoms with E-state index in [9.17, 15) is 9.59 Å². The van der Waals surface area contributed by atoms with Crippen molar-refractivity contribution < 1.29 is 14.7 Å². The van der Waals surface area contributed by atoms with E-state index in [2.05, 4.69) is 5.32 Å². The van der Waals surface area contributed by atoms with Gasteiger partial charge in [0.2, 0.25) is 0 Å². The fourth-order valence-corrected chi connectivity index (χ4v) is 1.45. The van der Waals surface area contributed by atoms with Gasteiger partial charge in [0.25, 0.3) is 11.8 Å². The Morgan fingerprint density at radius 3 is 2.50 bits per heavy atom. The van der Waals surface area contributed by atoms with Gasteiger partial charge in [-0.15, -0.1) is 0 Å². The molecule has 1 aromatic rings. The van der Waals surface area contributed by atoms with E-state index in [-0.39, 0.29) is 5.91 Å². The number of halogens is 1. The lowest BCUT2D eigenvalue weighted by Crippen LogP contribution is -2.25. The second-order valence-corrected chi connectivity index (χ2v) is 4.47. The fourth-order valence-electron chi connectivity index (χ4n) is 1.25. The van der Waals surface area contributed by atoms with Crippen LogP contribution in [0.5, 0.6) is 0 Å². The van der Waals surface area contributed by atoms with E-state index in [0.29, 0.717) is 16.3 Å². The summed E-state index contributed by atoms with van der Waals surface area (Å²) >= 11 is 5.92. The first-order valence-electron chi connectivity index (χ1n) is 5.33. The van der Waals surface area contributed by atoms with Crippen LogP contribution in [0.1, 0.15) is 17.3 Å². The summed E-state index contributed by atoms with van der Waals surface area (Å²) in [6, 6.07) is 4.57. The summed E-state index contributed by atoms with van der Waals surface area (Å²) in [5, 5.41) is 11.9. The minimum absolute atomic E-state index is 0.256. The van der Waals surface area contributed by atoms with Crippen molar-refractivity contribution in [3.8, 4) is 0 Å². The van der Waals surface area contributed by atoms with Gasteiger partial charge in [-0.1, -0.05) is 11.6 Å². The van der Waals surface area contributed by atoms with Gasteiger partial charge in [-0.3, -0.25) is 9.59 Å². The van der Waals surface area contributed by atoms with Gasteiger partial charge >= 0.3 is 0 Å². The molecule has 0 aromatic heterocycles. The molecule has 5 nitrogen and oxygen atoms in total. The standard InChI is InChI=1S/C12H15ClN2O3/c1-7(16)11(17)14-8-4-5-10(13)9(6-8)12(18)15(2)3/h4-7,16H,1-3H3,(H,14,17). The zero-order valence-corrected chi connectivity index (χ0v) is 11.2. The number of amides is 2. The predicted molar refractivity (Wildman–Crippen MR) is 69.8 cm³/mol. The van der Waals surface area contributed by atoms with Gasteiger partial charge in [0.1, 0.15) is 6.10 Å². The fraction of sp³-hybridized carbons (Fsp3) is 0.333. The van der Waals surface area contributed by atoms with Crippen molar-refractivity contribution in [3.05, 3.63) is 28.8 Å². The molecule has 2 N–H and O–H groups in total. The van der Waals surface area contributed by atoms with Crippen molar-refractivity contribution in [2.45, 2.75) is 13.0 Å². The molecule has 0 bridgehead atoms. The monoisotopic (exact) mass is 270 g/mol. The maximum atomic E-state index is 11.8. The van der Waals surface area contributed by atoms with E-state index < -0.39 is 12.0 Å². The molecule has 0 aliphatic heterocycles. The van der Waals surface area contributed by atoms with Gasteiger partial charge in [0.05, 0.1) is 10.6 Å². The first-order chi connectivity index (χ1) is 8.32. The van der Waals surface area contributed by atoms with Crippen molar-refractivity contribution in [1.82, 2.24) is 4.90 Å². The maximum absolute atomic E-state index is 11.8.